The van der Waals surface area contributed by atoms with E-state index in [1.54, 1.807) is 0 Å². The van der Waals surface area contributed by atoms with E-state index in [0.29, 0.717) is 6.04 Å². The third-order valence-corrected chi connectivity index (χ3v) is 3.70. The van der Waals surface area contributed by atoms with Gasteiger partial charge in [0.25, 0.3) is 0 Å². The van der Waals surface area contributed by atoms with Crippen LogP contribution in [0, 0.1) is 13.8 Å². The molecule has 19 heavy (non-hydrogen) atoms. The molecule has 0 heterocycles. The van der Waals surface area contributed by atoms with Crippen LogP contribution < -0.4 is 5.32 Å². The first-order valence-electron chi connectivity index (χ1n) is 7.06. The zero-order valence-electron chi connectivity index (χ0n) is 12.1. The first-order chi connectivity index (χ1) is 9.19. The number of anilines is 1. The fraction of sp³-hybridized carbons (Fsp3) is 0.333. The molecule has 0 radical (unpaired) electrons. The summed E-state index contributed by atoms with van der Waals surface area (Å²) in [6.07, 6.45) is 2.20. The topological polar surface area (TPSA) is 12.0 Å². The van der Waals surface area contributed by atoms with Crippen molar-refractivity contribution in [3.05, 3.63) is 65.2 Å². The van der Waals surface area contributed by atoms with Gasteiger partial charge in [-0.1, -0.05) is 43.3 Å². The molecule has 2 aromatic rings. The highest BCUT2D eigenvalue weighted by Crippen LogP contribution is 2.17. The Balaban J connectivity index is 2.04. The third kappa shape index (κ3) is 3.85. The van der Waals surface area contributed by atoms with Crippen LogP contribution in [-0.2, 0) is 6.42 Å². The zero-order chi connectivity index (χ0) is 13.7. The van der Waals surface area contributed by atoms with E-state index in [-0.39, 0.29) is 0 Å². The van der Waals surface area contributed by atoms with Gasteiger partial charge in [-0.25, -0.2) is 0 Å². The monoisotopic (exact) mass is 253 g/mol. The molecular formula is C18H23N. The maximum Gasteiger partial charge on any atom is 0.0345 e. The van der Waals surface area contributed by atoms with Gasteiger partial charge in [0.05, 0.1) is 0 Å². The molecule has 0 aromatic heterocycles. The number of aryl methyl sites for hydroxylation is 2. The second-order valence-corrected chi connectivity index (χ2v) is 5.24. The highest BCUT2D eigenvalue weighted by molar-refractivity contribution is 5.49. The molecule has 2 aromatic carbocycles. The number of nitrogens with one attached hydrogen (secondary N) is 1. The van der Waals surface area contributed by atoms with Crippen molar-refractivity contribution in [3.8, 4) is 0 Å². The van der Waals surface area contributed by atoms with E-state index >= 15 is 0 Å². The lowest BCUT2D eigenvalue weighted by atomic mass is 10.0. The van der Waals surface area contributed by atoms with Crippen LogP contribution >= 0.6 is 0 Å². The molecule has 100 valence electrons. The molecule has 0 aliphatic rings. The van der Waals surface area contributed by atoms with Crippen molar-refractivity contribution in [3.63, 3.8) is 0 Å². The van der Waals surface area contributed by atoms with Crippen LogP contribution in [0.25, 0.3) is 0 Å². The SMILES string of the molecule is CCC(Cc1ccccc1)Nc1ccc(C)c(C)c1. The standard InChI is InChI=1S/C18H23N/c1-4-17(13-16-8-6-5-7-9-16)19-18-11-10-14(2)15(3)12-18/h5-12,17,19H,4,13H2,1-3H3. The smallest absolute Gasteiger partial charge is 0.0345 e. The average Bonchev–Trinajstić information content (AvgIpc) is 2.43. The summed E-state index contributed by atoms with van der Waals surface area (Å²) in [5, 5.41) is 3.65. The highest BCUT2D eigenvalue weighted by atomic mass is 14.9. The largest absolute Gasteiger partial charge is 0.382 e. The Bertz CT molecular complexity index is 516. The van der Waals surface area contributed by atoms with Gasteiger partial charge in [0, 0.05) is 11.7 Å². The van der Waals surface area contributed by atoms with E-state index in [9.17, 15) is 0 Å². The van der Waals surface area contributed by atoms with E-state index < -0.39 is 0 Å². The Kier molecular flexibility index (Phi) is 4.62. The van der Waals surface area contributed by atoms with Crippen LogP contribution in [0.15, 0.2) is 48.5 Å². The molecule has 0 aliphatic heterocycles. The van der Waals surface area contributed by atoms with Gasteiger partial charge in [-0.3, -0.25) is 0 Å². The summed E-state index contributed by atoms with van der Waals surface area (Å²) >= 11 is 0. The van der Waals surface area contributed by atoms with Crippen LogP contribution in [0.4, 0.5) is 5.69 Å². The minimum absolute atomic E-state index is 0.490. The third-order valence-electron chi connectivity index (χ3n) is 3.70. The molecule has 0 fully saturated rings. The molecule has 1 heteroatoms. The van der Waals surface area contributed by atoms with Crippen LogP contribution in [0.5, 0.6) is 0 Å². The van der Waals surface area contributed by atoms with E-state index in [4.69, 9.17) is 0 Å². The summed E-state index contributed by atoms with van der Waals surface area (Å²) in [4.78, 5) is 0. The number of rotatable bonds is 5. The molecule has 1 unspecified atom stereocenters. The summed E-state index contributed by atoms with van der Waals surface area (Å²) in [6, 6.07) is 17.8. The normalized spacial score (nSPS) is 12.2. The summed E-state index contributed by atoms with van der Waals surface area (Å²) < 4.78 is 0. The van der Waals surface area contributed by atoms with E-state index in [0.717, 1.165) is 12.8 Å². The lowest BCUT2D eigenvalue weighted by Crippen LogP contribution is -2.21. The molecule has 1 nitrogen and oxygen atoms in total. The van der Waals surface area contributed by atoms with Crippen LogP contribution in [0.1, 0.15) is 30.0 Å². The fourth-order valence-corrected chi connectivity index (χ4v) is 2.26. The van der Waals surface area contributed by atoms with Crippen molar-refractivity contribution in [1.29, 1.82) is 0 Å². The molecule has 0 saturated heterocycles. The highest BCUT2D eigenvalue weighted by Gasteiger charge is 2.07. The van der Waals surface area contributed by atoms with Crippen LogP contribution in [-0.4, -0.2) is 6.04 Å². The quantitative estimate of drug-likeness (QED) is 0.811. The summed E-state index contributed by atoms with van der Waals surface area (Å²) in [7, 11) is 0. The maximum absolute atomic E-state index is 3.65. The Labute approximate surface area is 116 Å². The second-order valence-electron chi connectivity index (χ2n) is 5.24. The van der Waals surface area contributed by atoms with Gasteiger partial charge in [-0.05, 0) is 55.5 Å². The van der Waals surface area contributed by atoms with Gasteiger partial charge in [0.2, 0.25) is 0 Å². The van der Waals surface area contributed by atoms with Crippen molar-refractivity contribution >= 4 is 5.69 Å². The Morgan fingerprint density at radius 1 is 0.947 bits per heavy atom. The van der Waals surface area contributed by atoms with Crippen LogP contribution in [0.2, 0.25) is 0 Å². The van der Waals surface area contributed by atoms with Crippen molar-refractivity contribution in [2.24, 2.45) is 0 Å². The second kappa shape index (κ2) is 6.42. The number of benzene rings is 2. The lowest BCUT2D eigenvalue weighted by Gasteiger charge is -2.19. The average molecular weight is 253 g/mol. The Hall–Kier alpha value is -1.76. The van der Waals surface area contributed by atoms with E-state index in [1.165, 1.54) is 22.4 Å². The molecule has 0 spiro atoms. The lowest BCUT2D eigenvalue weighted by molar-refractivity contribution is 0.690. The summed E-state index contributed by atoms with van der Waals surface area (Å²) in [5.74, 6) is 0. The van der Waals surface area contributed by atoms with Gasteiger partial charge in [0.15, 0.2) is 0 Å². The van der Waals surface area contributed by atoms with E-state index in [1.807, 2.05) is 0 Å². The van der Waals surface area contributed by atoms with Crippen molar-refractivity contribution in [2.75, 3.05) is 5.32 Å². The molecule has 1 atom stereocenters. The first-order valence-corrected chi connectivity index (χ1v) is 7.06. The predicted molar refractivity (Wildman–Crippen MR) is 83.8 cm³/mol. The van der Waals surface area contributed by atoms with Gasteiger partial charge >= 0.3 is 0 Å². The van der Waals surface area contributed by atoms with Gasteiger partial charge in [-0.15, -0.1) is 0 Å². The molecule has 0 aliphatic carbocycles. The van der Waals surface area contributed by atoms with Gasteiger partial charge in [0.1, 0.15) is 0 Å². The minimum atomic E-state index is 0.490. The van der Waals surface area contributed by atoms with Gasteiger partial charge in [-0.2, -0.15) is 0 Å². The van der Waals surface area contributed by atoms with Gasteiger partial charge < -0.3 is 5.32 Å². The summed E-state index contributed by atoms with van der Waals surface area (Å²) in [6.45, 7) is 6.56. The van der Waals surface area contributed by atoms with E-state index in [2.05, 4.69) is 74.6 Å². The predicted octanol–water partition coefficient (Wildman–Crippen LogP) is 4.74. The van der Waals surface area contributed by atoms with Crippen molar-refractivity contribution in [1.82, 2.24) is 0 Å². The summed E-state index contributed by atoms with van der Waals surface area (Å²) in [5.41, 5.74) is 5.32. The minimum Gasteiger partial charge on any atom is -0.382 e. The zero-order valence-corrected chi connectivity index (χ0v) is 12.1. The number of hydrogen-bond acceptors (Lipinski definition) is 1. The fourth-order valence-electron chi connectivity index (χ4n) is 2.26. The maximum atomic E-state index is 3.65. The number of hydrogen-bond donors (Lipinski definition) is 1. The first kappa shape index (κ1) is 13.7. The van der Waals surface area contributed by atoms with Crippen LogP contribution in [0.3, 0.4) is 0 Å². The molecule has 1 N–H and O–H groups in total. The van der Waals surface area contributed by atoms with Crippen molar-refractivity contribution in [2.45, 2.75) is 39.7 Å². The Morgan fingerprint density at radius 3 is 2.32 bits per heavy atom. The van der Waals surface area contributed by atoms with Crippen molar-refractivity contribution < 1.29 is 0 Å². The molecule has 0 bridgehead atoms. The molecule has 2 rings (SSSR count). The molecular weight excluding hydrogens is 230 g/mol. The Morgan fingerprint density at radius 2 is 1.68 bits per heavy atom. The molecule has 0 saturated carbocycles. The molecule has 0 amide bonds.